The number of hydrogen-bond acceptors (Lipinski definition) is 2. The summed E-state index contributed by atoms with van der Waals surface area (Å²) < 4.78 is 14.8. The van der Waals surface area contributed by atoms with E-state index in [4.69, 9.17) is 9.79 Å². The van der Waals surface area contributed by atoms with E-state index in [1.807, 2.05) is 12.1 Å². The van der Waals surface area contributed by atoms with Crippen molar-refractivity contribution in [2.45, 2.75) is 84.0 Å². The number of hydrogen-bond donors (Lipinski definition) is 2. The number of rotatable bonds is 15. The monoisotopic (exact) mass is 448 g/mol. The third kappa shape index (κ3) is 16.9. The lowest BCUT2D eigenvalue weighted by atomic mass is 10.1. The molecule has 2 aromatic rings. The van der Waals surface area contributed by atoms with Crippen LogP contribution in [0.4, 0.5) is 0 Å². The number of benzene rings is 2. The van der Waals surface area contributed by atoms with Crippen molar-refractivity contribution in [2.75, 3.05) is 6.61 Å². The molecule has 4 nitrogen and oxygen atoms in total. The first-order valence-corrected chi connectivity index (χ1v) is 13.4. The van der Waals surface area contributed by atoms with Crippen molar-refractivity contribution in [2.24, 2.45) is 0 Å². The van der Waals surface area contributed by atoms with Crippen molar-refractivity contribution in [3.05, 3.63) is 60.7 Å². The van der Waals surface area contributed by atoms with Crippen LogP contribution < -0.4 is 0 Å². The van der Waals surface area contributed by atoms with Crippen LogP contribution in [-0.2, 0) is 9.09 Å². The Kier molecular flexibility index (Phi) is 16.2. The first-order valence-electron chi connectivity index (χ1n) is 11.8. The van der Waals surface area contributed by atoms with E-state index < -0.39 is 7.82 Å². The predicted octanol–water partition coefficient (Wildman–Crippen LogP) is 8.15. The molecule has 0 aliphatic rings. The topological polar surface area (TPSA) is 66.8 Å². The van der Waals surface area contributed by atoms with Crippen molar-refractivity contribution < 1.29 is 18.9 Å². The molecule has 0 aliphatic carbocycles. The van der Waals surface area contributed by atoms with Crippen LogP contribution in [0.15, 0.2) is 60.7 Å². The largest absolute Gasteiger partial charge is 0.469 e. The fourth-order valence-electron chi connectivity index (χ4n) is 3.39. The van der Waals surface area contributed by atoms with Crippen LogP contribution in [0.1, 0.15) is 84.0 Å². The molecule has 2 rings (SSSR count). The van der Waals surface area contributed by atoms with Gasteiger partial charge >= 0.3 is 7.82 Å². The van der Waals surface area contributed by atoms with Crippen LogP contribution in [0.5, 0.6) is 0 Å². The first kappa shape index (κ1) is 27.6. The first-order chi connectivity index (χ1) is 15.0. The van der Waals surface area contributed by atoms with Crippen molar-refractivity contribution in [1.29, 1.82) is 0 Å². The average molecular weight is 449 g/mol. The van der Waals surface area contributed by atoms with E-state index in [0.29, 0.717) is 0 Å². The van der Waals surface area contributed by atoms with Crippen LogP contribution in [-0.4, -0.2) is 16.4 Å². The van der Waals surface area contributed by atoms with E-state index in [2.05, 4.69) is 60.0 Å². The maximum Gasteiger partial charge on any atom is 0.469 e. The molecule has 0 amide bonds. The van der Waals surface area contributed by atoms with Crippen molar-refractivity contribution in [3.63, 3.8) is 0 Å². The van der Waals surface area contributed by atoms with E-state index >= 15 is 0 Å². The van der Waals surface area contributed by atoms with Gasteiger partial charge in [-0.3, -0.25) is 4.52 Å². The number of unbranched alkanes of at least 4 members (excludes halogenated alkanes) is 11. The van der Waals surface area contributed by atoms with E-state index in [1.54, 1.807) is 0 Å². The molecule has 0 fully saturated rings. The second kappa shape index (κ2) is 18.2. The molecule has 0 saturated heterocycles. The summed E-state index contributed by atoms with van der Waals surface area (Å²) in [6.07, 6.45) is 14.9. The summed E-state index contributed by atoms with van der Waals surface area (Å²) in [7, 11) is -4.25. The SMILES string of the molecule is CCCCCCCCCCCCCCOP(=O)(O)O.c1ccc(-c2ccccc2)cc1. The van der Waals surface area contributed by atoms with Gasteiger partial charge in [0.15, 0.2) is 0 Å². The molecule has 31 heavy (non-hydrogen) atoms. The number of phosphoric acid groups is 1. The van der Waals surface area contributed by atoms with E-state index in [-0.39, 0.29) is 6.61 Å². The standard InChI is InChI=1S/C14H31O4P.C12H10/c1-2-3-4-5-6-7-8-9-10-11-12-13-14-18-19(15,16)17;1-3-7-11(8-4-1)12-9-5-2-6-10-12/h2-14H2,1H3,(H2,15,16,17);1-10H. The second-order valence-corrected chi connectivity index (χ2v) is 9.18. The number of phosphoric ester groups is 1. The van der Waals surface area contributed by atoms with E-state index in [1.165, 1.54) is 68.9 Å². The molecule has 0 saturated carbocycles. The Hall–Kier alpha value is -1.45. The Labute approximate surface area is 189 Å². The lowest BCUT2D eigenvalue weighted by molar-refractivity contribution is 0.193. The van der Waals surface area contributed by atoms with E-state index in [0.717, 1.165) is 19.3 Å². The van der Waals surface area contributed by atoms with Crippen LogP contribution in [0, 0.1) is 0 Å². The van der Waals surface area contributed by atoms with Crippen molar-refractivity contribution >= 4 is 7.82 Å². The van der Waals surface area contributed by atoms with Gasteiger partial charge in [-0.1, -0.05) is 138 Å². The molecule has 2 aromatic carbocycles. The third-order valence-electron chi connectivity index (χ3n) is 5.14. The van der Waals surface area contributed by atoms with Gasteiger partial charge in [-0.25, -0.2) is 4.57 Å². The molecule has 0 bridgehead atoms. The van der Waals surface area contributed by atoms with Crippen LogP contribution >= 0.6 is 7.82 Å². The Balaban J connectivity index is 0.000000339. The summed E-state index contributed by atoms with van der Waals surface area (Å²) in [4.78, 5) is 17.0. The molecule has 174 valence electrons. The van der Waals surface area contributed by atoms with Gasteiger partial charge in [0.2, 0.25) is 0 Å². The Morgan fingerprint density at radius 1 is 0.613 bits per heavy atom. The molecule has 0 aliphatic heterocycles. The molecule has 5 heteroatoms. The Morgan fingerprint density at radius 2 is 0.968 bits per heavy atom. The summed E-state index contributed by atoms with van der Waals surface area (Å²) >= 11 is 0. The van der Waals surface area contributed by atoms with Crippen LogP contribution in [0.3, 0.4) is 0 Å². The highest BCUT2D eigenvalue weighted by Crippen LogP contribution is 2.35. The minimum Gasteiger partial charge on any atom is -0.303 e. The van der Waals surface area contributed by atoms with E-state index in [9.17, 15) is 4.57 Å². The summed E-state index contributed by atoms with van der Waals surface area (Å²) in [5.74, 6) is 0. The van der Waals surface area contributed by atoms with Crippen molar-refractivity contribution in [3.8, 4) is 11.1 Å². The van der Waals surface area contributed by atoms with Gasteiger partial charge in [0, 0.05) is 0 Å². The van der Waals surface area contributed by atoms with Gasteiger partial charge in [-0.05, 0) is 17.5 Å². The molecule has 0 unspecified atom stereocenters. The lowest BCUT2D eigenvalue weighted by Gasteiger charge is -2.05. The molecule has 0 heterocycles. The minimum atomic E-state index is -4.25. The van der Waals surface area contributed by atoms with Gasteiger partial charge in [0.1, 0.15) is 0 Å². The summed E-state index contributed by atoms with van der Waals surface area (Å²) in [6.45, 7) is 2.41. The van der Waals surface area contributed by atoms with Gasteiger partial charge < -0.3 is 9.79 Å². The van der Waals surface area contributed by atoms with Crippen LogP contribution in [0.2, 0.25) is 0 Å². The average Bonchev–Trinajstić information content (AvgIpc) is 2.78. The molecular weight excluding hydrogens is 407 g/mol. The van der Waals surface area contributed by atoms with Gasteiger partial charge in [-0.15, -0.1) is 0 Å². The maximum atomic E-state index is 10.4. The predicted molar refractivity (Wildman–Crippen MR) is 131 cm³/mol. The zero-order valence-electron chi connectivity index (χ0n) is 19.1. The van der Waals surface area contributed by atoms with Gasteiger partial charge in [0.05, 0.1) is 6.61 Å². The minimum absolute atomic E-state index is 0.168. The molecule has 0 radical (unpaired) electrons. The third-order valence-corrected chi connectivity index (χ3v) is 5.66. The van der Waals surface area contributed by atoms with Gasteiger partial charge in [-0.2, -0.15) is 0 Å². The van der Waals surface area contributed by atoms with Crippen molar-refractivity contribution in [1.82, 2.24) is 0 Å². The highest BCUT2D eigenvalue weighted by atomic mass is 31.2. The summed E-state index contributed by atoms with van der Waals surface area (Å²) in [5.41, 5.74) is 2.55. The Bertz CT molecular complexity index is 648. The van der Waals surface area contributed by atoms with Gasteiger partial charge in [0.25, 0.3) is 0 Å². The zero-order valence-corrected chi connectivity index (χ0v) is 20.0. The second-order valence-electron chi connectivity index (χ2n) is 7.94. The Morgan fingerprint density at radius 3 is 1.32 bits per heavy atom. The molecular formula is C26H41O4P. The summed E-state index contributed by atoms with van der Waals surface area (Å²) in [5, 5.41) is 0. The highest BCUT2D eigenvalue weighted by molar-refractivity contribution is 7.46. The fourth-order valence-corrected chi connectivity index (χ4v) is 3.75. The summed E-state index contributed by atoms with van der Waals surface area (Å²) in [6, 6.07) is 20.8. The molecule has 0 aromatic heterocycles. The highest BCUT2D eigenvalue weighted by Gasteiger charge is 2.12. The fraction of sp³-hybridized carbons (Fsp3) is 0.538. The zero-order chi connectivity index (χ0) is 22.6. The normalized spacial score (nSPS) is 11.1. The molecule has 2 N–H and O–H groups in total. The smallest absolute Gasteiger partial charge is 0.303 e. The molecule has 0 atom stereocenters. The lowest BCUT2D eigenvalue weighted by Crippen LogP contribution is -1.92. The van der Waals surface area contributed by atoms with Crippen LogP contribution in [0.25, 0.3) is 11.1 Å². The maximum absolute atomic E-state index is 10.4. The molecule has 0 spiro atoms. The quantitative estimate of drug-likeness (QED) is 0.213.